The molecule has 0 spiro atoms. The number of halogens is 2. The fraction of sp³-hybridized carbons (Fsp3) is 0.100. The predicted molar refractivity (Wildman–Crippen MR) is 67.3 cm³/mol. The van der Waals surface area contributed by atoms with Crippen LogP contribution in [0.2, 0.25) is 0 Å². The first kappa shape index (κ1) is 11.3. The lowest BCUT2D eigenvalue weighted by Gasteiger charge is -2.00. The second kappa shape index (κ2) is 4.74. The summed E-state index contributed by atoms with van der Waals surface area (Å²) in [5.74, 6) is 0. The first-order valence-corrected chi connectivity index (χ1v) is 6.65. The molecule has 1 radical (unpaired) electrons. The molecule has 0 atom stereocenters. The Morgan fingerprint density at radius 1 is 1.33 bits per heavy atom. The minimum Gasteiger partial charge on any atom is -0.238 e. The van der Waals surface area contributed by atoms with Gasteiger partial charge in [0.25, 0.3) is 0 Å². The van der Waals surface area contributed by atoms with E-state index in [-0.39, 0.29) is 6.61 Å². The minimum absolute atomic E-state index is 0.259. The molecule has 0 aliphatic rings. The van der Waals surface area contributed by atoms with Crippen molar-refractivity contribution in [3.8, 4) is 10.6 Å². The van der Waals surface area contributed by atoms with E-state index in [0.29, 0.717) is 5.69 Å². The monoisotopic (exact) mass is 346 g/mol. The smallest absolute Gasteiger partial charge is 0.125 e. The Labute approximate surface area is 108 Å². The SMILES string of the molecule is [O]Cc1csc(-c2ccc(Br)cc2Br)n1. The van der Waals surface area contributed by atoms with E-state index < -0.39 is 0 Å². The second-order valence-electron chi connectivity index (χ2n) is 2.91. The van der Waals surface area contributed by atoms with Crippen molar-refractivity contribution < 1.29 is 5.11 Å². The first-order chi connectivity index (χ1) is 7.20. The van der Waals surface area contributed by atoms with Crippen LogP contribution in [0.15, 0.2) is 32.5 Å². The summed E-state index contributed by atoms with van der Waals surface area (Å²) >= 11 is 8.36. The normalized spacial score (nSPS) is 10.6. The highest BCUT2D eigenvalue weighted by Crippen LogP contribution is 2.32. The first-order valence-electron chi connectivity index (χ1n) is 4.18. The standard InChI is InChI=1S/C10H6Br2NOS/c11-6-1-2-8(9(12)3-6)10-13-7(4-14)5-15-10/h1-3,5H,4H2. The van der Waals surface area contributed by atoms with Crippen LogP contribution in [-0.4, -0.2) is 4.98 Å². The molecule has 0 bridgehead atoms. The van der Waals surface area contributed by atoms with Gasteiger partial charge < -0.3 is 0 Å². The van der Waals surface area contributed by atoms with Gasteiger partial charge in [0, 0.05) is 19.9 Å². The molecule has 15 heavy (non-hydrogen) atoms. The molecule has 0 N–H and O–H groups in total. The van der Waals surface area contributed by atoms with Gasteiger partial charge in [-0.25, -0.2) is 10.1 Å². The zero-order valence-electron chi connectivity index (χ0n) is 7.54. The molecule has 0 unspecified atom stereocenters. The third-order valence-corrected chi connectivity index (χ3v) is 3.93. The second-order valence-corrected chi connectivity index (χ2v) is 5.54. The number of rotatable bonds is 2. The van der Waals surface area contributed by atoms with Gasteiger partial charge in [0.1, 0.15) is 11.6 Å². The summed E-state index contributed by atoms with van der Waals surface area (Å²) in [5, 5.41) is 13.3. The van der Waals surface area contributed by atoms with E-state index in [2.05, 4.69) is 36.8 Å². The van der Waals surface area contributed by atoms with Crippen molar-refractivity contribution in [2.45, 2.75) is 6.61 Å². The van der Waals surface area contributed by atoms with Crippen molar-refractivity contribution in [2.24, 2.45) is 0 Å². The molecule has 1 aromatic carbocycles. The van der Waals surface area contributed by atoms with E-state index in [1.165, 1.54) is 11.3 Å². The quantitative estimate of drug-likeness (QED) is 0.798. The van der Waals surface area contributed by atoms with Gasteiger partial charge in [-0.2, -0.15) is 0 Å². The molecule has 2 nitrogen and oxygen atoms in total. The lowest BCUT2D eigenvalue weighted by Crippen LogP contribution is -1.82. The minimum atomic E-state index is -0.259. The van der Waals surface area contributed by atoms with E-state index in [9.17, 15) is 5.11 Å². The number of benzene rings is 1. The summed E-state index contributed by atoms with van der Waals surface area (Å²) in [6, 6.07) is 5.90. The van der Waals surface area contributed by atoms with Gasteiger partial charge in [-0.1, -0.05) is 31.9 Å². The molecule has 1 heterocycles. The topological polar surface area (TPSA) is 32.8 Å². The predicted octanol–water partition coefficient (Wildman–Crippen LogP) is 4.27. The van der Waals surface area contributed by atoms with Crippen molar-refractivity contribution >= 4 is 43.2 Å². The summed E-state index contributed by atoms with van der Waals surface area (Å²) in [6.07, 6.45) is 0. The van der Waals surface area contributed by atoms with E-state index in [1.54, 1.807) is 5.38 Å². The summed E-state index contributed by atoms with van der Waals surface area (Å²) < 4.78 is 1.99. The Kier molecular flexibility index (Phi) is 3.56. The van der Waals surface area contributed by atoms with Gasteiger partial charge in [0.2, 0.25) is 0 Å². The van der Waals surface area contributed by atoms with Crippen molar-refractivity contribution in [3.63, 3.8) is 0 Å². The Bertz CT molecular complexity index is 484. The number of thiazole rings is 1. The van der Waals surface area contributed by atoms with Gasteiger partial charge in [-0.05, 0) is 18.2 Å². The van der Waals surface area contributed by atoms with Crippen molar-refractivity contribution in [2.75, 3.05) is 0 Å². The van der Waals surface area contributed by atoms with Gasteiger partial charge in [-0.15, -0.1) is 11.3 Å². The van der Waals surface area contributed by atoms with Gasteiger partial charge in [-0.3, -0.25) is 0 Å². The van der Waals surface area contributed by atoms with E-state index in [0.717, 1.165) is 19.5 Å². The van der Waals surface area contributed by atoms with Crippen LogP contribution in [0.4, 0.5) is 0 Å². The third kappa shape index (κ3) is 2.47. The van der Waals surface area contributed by atoms with Gasteiger partial charge >= 0.3 is 0 Å². The van der Waals surface area contributed by atoms with E-state index in [1.807, 2.05) is 18.2 Å². The van der Waals surface area contributed by atoms with Crippen LogP contribution in [0.1, 0.15) is 5.69 Å². The average Bonchev–Trinajstić information content (AvgIpc) is 2.66. The maximum Gasteiger partial charge on any atom is 0.125 e. The van der Waals surface area contributed by atoms with Crippen molar-refractivity contribution in [1.29, 1.82) is 0 Å². The Hall–Kier alpha value is -0.230. The average molecular weight is 348 g/mol. The Morgan fingerprint density at radius 2 is 2.13 bits per heavy atom. The maximum atomic E-state index is 10.6. The zero-order valence-corrected chi connectivity index (χ0v) is 11.5. The maximum absolute atomic E-state index is 10.6. The molecule has 5 heteroatoms. The largest absolute Gasteiger partial charge is 0.238 e. The highest BCUT2D eigenvalue weighted by atomic mass is 79.9. The fourth-order valence-electron chi connectivity index (χ4n) is 1.16. The van der Waals surface area contributed by atoms with Crippen LogP contribution in [0.5, 0.6) is 0 Å². The van der Waals surface area contributed by atoms with Crippen LogP contribution in [0, 0.1) is 0 Å². The van der Waals surface area contributed by atoms with E-state index >= 15 is 0 Å². The molecule has 0 amide bonds. The van der Waals surface area contributed by atoms with Crippen molar-refractivity contribution in [3.05, 3.63) is 38.2 Å². The van der Waals surface area contributed by atoms with E-state index in [4.69, 9.17) is 0 Å². The van der Waals surface area contributed by atoms with Gasteiger partial charge in [0.05, 0.1) is 5.69 Å². The molecule has 2 aromatic rings. The van der Waals surface area contributed by atoms with Gasteiger partial charge in [0.15, 0.2) is 0 Å². The fourth-order valence-corrected chi connectivity index (χ4v) is 3.37. The summed E-state index contributed by atoms with van der Waals surface area (Å²) in [6.45, 7) is -0.259. The molecule has 0 fully saturated rings. The molecule has 0 saturated heterocycles. The molecule has 2 rings (SSSR count). The molecule has 0 aliphatic heterocycles. The van der Waals surface area contributed by atoms with Crippen LogP contribution in [0.3, 0.4) is 0 Å². The molecule has 1 aromatic heterocycles. The number of aromatic nitrogens is 1. The zero-order chi connectivity index (χ0) is 10.8. The summed E-state index contributed by atoms with van der Waals surface area (Å²) in [5.41, 5.74) is 1.62. The van der Waals surface area contributed by atoms with Crippen LogP contribution < -0.4 is 0 Å². The lowest BCUT2D eigenvalue weighted by atomic mass is 10.2. The summed E-state index contributed by atoms with van der Waals surface area (Å²) in [4.78, 5) is 4.25. The molecule has 0 saturated carbocycles. The summed E-state index contributed by atoms with van der Waals surface area (Å²) in [7, 11) is 0. The molecular weight excluding hydrogens is 342 g/mol. The number of hydrogen-bond acceptors (Lipinski definition) is 2. The van der Waals surface area contributed by atoms with Crippen LogP contribution in [-0.2, 0) is 11.7 Å². The van der Waals surface area contributed by atoms with Crippen LogP contribution >= 0.6 is 43.2 Å². The molecule has 77 valence electrons. The molecule has 0 aliphatic carbocycles. The Morgan fingerprint density at radius 3 is 2.73 bits per heavy atom. The number of nitrogens with zero attached hydrogens (tertiary/aromatic N) is 1. The lowest BCUT2D eigenvalue weighted by molar-refractivity contribution is 0.174. The third-order valence-electron chi connectivity index (χ3n) is 1.86. The van der Waals surface area contributed by atoms with Crippen LogP contribution in [0.25, 0.3) is 10.6 Å². The molecular formula is C10H6Br2NOS. The highest BCUT2D eigenvalue weighted by molar-refractivity contribution is 9.11. The Balaban J connectivity index is 2.44. The number of hydrogen-bond donors (Lipinski definition) is 0. The highest BCUT2D eigenvalue weighted by Gasteiger charge is 2.08. The van der Waals surface area contributed by atoms with Crippen molar-refractivity contribution in [1.82, 2.24) is 4.98 Å².